The lowest BCUT2D eigenvalue weighted by Crippen LogP contribution is -2.55. The number of hydrogen-bond acceptors (Lipinski definition) is 10. The Hall–Kier alpha value is -3.21. The highest BCUT2D eigenvalue weighted by atomic mass is 32.2. The number of carbonyl (C=O) groups is 3. The van der Waals surface area contributed by atoms with Crippen molar-refractivity contribution in [2.24, 2.45) is 0 Å². The molecule has 1 fully saturated rings. The molecule has 170 valence electrons. The van der Waals surface area contributed by atoms with Crippen LogP contribution in [0.25, 0.3) is 11.3 Å². The fourth-order valence-corrected chi connectivity index (χ4v) is 4.35. The van der Waals surface area contributed by atoms with Gasteiger partial charge in [-0.25, -0.2) is 4.98 Å². The summed E-state index contributed by atoms with van der Waals surface area (Å²) in [5.41, 5.74) is -0.177. The van der Waals surface area contributed by atoms with E-state index in [1.165, 1.54) is 44.9 Å². The molecule has 2 aromatic rings. The van der Waals surface area contributed by atoms with Crippen LogP contribution in [0.4, 0.5) is 4.39 Å². The third-order valence-electron chi connectivity index (χ3n) is 4.33. The number of carbonyl (C=O) groups excluding carboxylic acids is 3. The molecule has 2 aromatic heterocycles. The number of hydrogen-bond donors (Lipinski definition) is 0. The number of thioether (sulfide) groups is 1. The van der Waals surface area contributed by atoms with Crippen molar-refractivity contribution in [2.45, 2.75) is 44.5 Å². The van der Waals surface area contributed by atoms with Crippen LogP contribution in [0.15, 0.2) is 36.7 Å². The summed E-state index contributed by atoms with van der Waals surface area (Å²) >= 11 is 1.23. The van der Waals surface area contributed by atoms with Crippen molar-refractivity contribution in [3.05, 3.63) is 42.6 Å². The number of pyridine rings is 2. The molecular formula is C21H21FN2O7S. The molecule has 11 heteroatoms. The minimum atomic E-state index is -1.05. The summed E-state index contributed by atoms with van der Waals surface area (Å²) in [5, 5.41) is 0. The first-order valence-electron chi connectivity index (χ1n) is 9.61. The van der Waals surface area contributed by atoms with Gasteiger partial charge in [0.15, 0.2) is 23.7 Å². The zero-order valence-electron chi connectivity index (χ0n) is 17.5. The van der Waals surface area contributed by atoms with Crippen LogP contribution in [-0.4, -0.2) is 57.4 Å². The van der Waals surface area contributed by atoms with E-state index >= 15 is 0 Å². The second kappa shape index (κ2) is 10.4. The molecule has 1 unspecified atom stereocenters. The molecule has 3 rings (SSSR count). The van der Waals surface area contributed by atoms with Gasteiger partial charge in [-0.2, -0.15) is 4.39 Å². The number of nitrogens with zero attached hydrogens (tertiary/aromatic N) is 2. The van der Waals surface area contributed by atoms with Crippen molar-refractivity contribution in [1.29, 1.82) is 0 Å². The number of aromatic nitrogens is 2. The molecule has 0 aliphatic carbocycles. The largest absolute Gasteiger partial charge is 0.474 e. The first-order chi connectivity index (χ1) is 15.2. The molecule has 0 saturated carbocycles. The zero-order chi connectivity index (χ0) is 23.3. The highest BCUT2D eigenvalue weighted by molar-refractivity contribution is 7.99. The van der Waals surface area contributed by atoms with Crippen LogP contribution in [0.2, 0.25) is 0 Å². The van der Waals surface area contributed by atoms with Gasteiger partial charge in [0.1, 0.15) is 5.75 Å². The smallest absolute Gasteiger partial charge is 0.303 e. The average molecular weight is 464 g/mol. The van der Waals surface area contributed by atoms with Gasteiger partial charge in [-0.05, 0) is 24.3 Å². The Kier molecular flexibility index (Phi) is 7.62. The van der Waals surface area contributed by atoms with Gasteiger partial charge in [0.25, 0.3) is 0 Å². The van der Waals surface area contributed by atoms with E-state index in [4.69, 9.17) is 18.9 Å². The summed E-state index contributed by atoms with van der Waals surface area (Å²) in [4.78, 5) is 42.6. The fourth-order valence-electron chi connectivity index (χ4n) is 3.13. The molecular weight excluding hydrogens is 443 g/mol. The maximum atomic E-state index is 13.9. The van der Waals surface area contributed by atoms with E-state index in [2.05, 4.69) is 9.97 Å². The fraction of sp³-hybridized carbons (Fsp3) is 0.381. The molecule has 1 aliphatic heterocycles. The molecule has 3 heterocycles. The van der Waals surface area contributed by atoms with Gasteiger partial charge in [-0.3, -0.25) is 19.4 Å². The molecule has 1 aliphatic rings. The van der Waals surface area contributed by atoms with Gasteiger partial charge < -0.3 is 18.9 Å². The second-order valence-electron chi connectivity index (χ2n) is 6.84. The molecule has 4 atom stereocenters. The van der Waals surface area contributed by atoms with E-state index in [1.54, 1.807) is 24.3 Å². The van der Waals surface area contributed by atoms with E-state index < -0.39 is 47.6 Å². The monoisotopic (exact) mass is 464 g/mol. The average Bonchev–Trinajstić information content (AvgIpc) is 2.72. The highest BCUT2D eigenvalue weighted by Crippen LogP contribution is 2.34. The lowest BCUT2D eigenvalue weighted by Gasteiger charge is -2.39. The minimum Gasteiger partial charge on any atom is -0.474 e. The van der Waals surface area contributed by atoms with Crippen LogP contribution < -0.4 is 4.74 Å². The maximum absolute atomic E-state index is 13.9. The van der Waals surface area contributed by atoms with Gasteiger partial charge >= 0.3 is 17.9 Å². The topological polar surface area (TPSA) is 114 Å². The number of rotatable bonds is 6. The molecule has 0 bridgehead atoms. The zero-order valence-corrected chi connectivity index (χ0v) is 18.3. The van der Waals surface area contributed by atoms with Crippen LogP contribution in [0, 0.1) is 5.95 Å². The SMILES string of the molecule is CC(=O)O[C@H]1[C@H](OC(C)=O)CSC(Oc2ccc(-c3cccnc3F)nc2)[C@@H]1OC(C)=O. The lowest BCUT2D eigenvalue weighted by molar-refractivity contribution is -0.186. The second-order valence-corrected chi connectivity index (χ2v) is 7.97. The normalized spacial score (nSPS) is 22.5. The molecule has 0 amide bonds. The van der Waals surface area contributed by atoms with Gasteiger partial charge in [0.2, 0.25) is 5.95 Å². The molecule has 0 spiro atoms. The first kappa shape index (κ1) is 23.5. The highest BCUT2D eigenvalue weighted by Gasteiger charge is 2.47. The predicted molar refractivity (Wildman–Crippen MR) is 111 cm³/mol. The van der Waals surface area contributed by atoms with Crippen molar-refractivity contribution in [3.8, 4) is 17.0 Å². The molecule has 32 heavy (non-hydrogen) atoms. The minimum absolute atomic E-state index is 0.239. The third kappa shape index (κ3) is 5.94. The third-order valence-corrected chi connectivity index (χ3v) is 5.54. The maximum Gasteiger partial charge on any atom is 0.303 e. The Labute approximate surface area is 187 Å². The van der Waals surface area contributed by atoms with Crippen LogP contribution in [0.5, 0.6) is 5.75 Å². The molecule has 1 saturated heterocycles. The molecule has 0 radical (unpaired) electrons. The van der Waals surface area contributed by atoms with E-state index in [1.807, 2.05) is 0 Å². The van der Waals surface area contributed by atoms with Crippen LogP contribution >= 0.6 is 11.8 Å². The Morgan fingerprint density at radius 1 is 0.969 bits per heavy atom. The first-order valence-corrected chi connectivity index (χ1v) is 10.7. The Bertz CT molecular complexity index is 988. The van der Waals surface area contributed by atoms with Crippen LogP contribution in [0.1, 0.15) is 20.8 Å². The molecule has 0 aromatic carbocycles. The summed E-state index contributed by atoms with van der Waals surface area (Å²) in [6, 6.07) is 6.30. The van der Waals surface area contributed by atoms with Crippen molar-refractivity contribution >= 4 is 29.7 Å². The van der Waals surface area contributed by atoms with E-state index in [0.29, 0.717) is 11.4 Å². The van der Waals surface area contributed by atoms with Gasteiger partial charge in [0.05, 0.1) is 17.5 Å². The Morgan fingerprint density at radius 2 is 1.66 bits per heavy atom. The summed E-state index contributed by atoms with van der Waals surface area (Å²) in [7, 11) is 0. The van der Waals surface area contributed by atoms with E-state index in [-0.39, 0.29) is 11.3 Å². The molecule has 0 N–H and O–H groups in total. The van der Waals surface area contributed by atoms with Gasteiger partial charge in [0, 0.05) is 32.7 Å². The predicted octanol–water partition coefficient (Wildman–Crippen LogP) is 2.53. The quantitative estimate of drug-likeness (QED) is 0.359. The van der Waals surface area contributed by atoms with Crippen molar-refractivity contribution in [1.82, 2.24) is 9.97 Å². The standard InChI is InChI=1S/C21H21FN2O7S/c1-11(25)28-17-10-32-21(19(30-13(3)27)18(17)29-12(2)26)31-14-6-7-16(24-9-14)15-5-4-8-23-20(15)22/h4-9,17-19,21H,10H2,1-3H3/t17-,18+,19-,21?/m1/s1. The Balaban J connectivity index is 1.82. The summed E-state index contributed by atoms with van der Waals surface area (Å²) in [6.07, 6.45) is -0.182. The summed E-state index contributed by atoms with van der Waals surface area (Å²) in [6.45, 7) is 3.64. The molecule has 9 nitrogen and oxygen atoms in total. The lowest BCUT2D eigenvalue weighted by atomic mass is 10.1. The van der Waals surface area contributed by atoms with Crippen LogP contribution in [0.3, 0.4) is 0 Å². The Morgan fingerprint density at radius 3 is 2.25 bits per heavy atom. The van der Waals surface area contributed by atoms with Crippen molar-refractivity contribution in [2.75, 3.05) is 5.75 Å². The number of ether oxygens (including phenoxy) is 4. The van der Waals surface area contributed by atoms with Crippen molar-refractivity contribution < 1.29 is 37.7 Å². The summed E-state index contributed by atoms with van der Waals surface area (Å²) < 4.78 is 35.8. The van der Waals surface area contributed by atoms with Crippen LogP contribution in [-0.2, 0) is 28.6 Å². The van der Waals surface area contributed by atoms with Crippen molar-refractivity contribution in [3.63, 3.8) is 0 Å². The van der Waals surface area contributed by atoms with E-state index in [0.717, 1.165) is 0 Å². The van der Waals surface area contributed by atoms with E-state index in [9.17, 15) is 18.8 Å². The number of halogens is 1. The van der Waals surface area contributed by atoms with Gasteiger partial charge in [-0.15, -0.1) is 11.8 Å². The number of esters is 3. The summed E-state index contributed by atoms with van der Waals surface area (Å²) in [5.74, 6) is -1.89. The van der Waals surface area contributed by atoms with Gasteiger partial charge in [-0.1, -0.05) is 0 Å².